The number of nitrogens with one attached hydrogen (secondary N) is 1. The van der Waals surface area contributed by atoms with Crippen LogP contribution in [0.1, 0.15) is 29.2 Å². The van der Waals surface area contributed by atoms with E-state index in [1.807, 2.05) is 22.6 Å². The molecule has 2 aromatic heterocycles. The Bertz CT molecular complexity index is 1700. The van der Waals surface area contributed by atoms with E-state index in [0.29, 0.717) is 35.4 Å². The first kappa shape index (κ1) is 27.5. The summed E-state index contributed by atoms with van der Waals surface area (Å²) in [5.41, 5.74) is 4.01. The molecule has 1 aliphatic rings. The van der Waals surface area contributed by atoms with Crippen LogP contribution in [0.3, 0.4) is 0 Å². The Kier molecular flexibility index (Phi) is 7.93. The number of hydrogen-bond donors (Lipinski definition) is 2. The van der Waals surface area contributed by atoms with Gasteiger partial charge in [0.15, 0.2) is 11.6 Å². The van der Waals surface area contributed by atoms with Gasteiger partial charge in [-0.3, -0.25) is 14.2 Å². The summed E-state index contributed by atoms with van der Waals surface area (Å²) in [5, 5.41) is 2.51. The summed E-state index contributed by atoms with van der Waals surface area (Å²) in [7, 11) is 0. The summed E-state index contributed by atoms with van der Waals surface area (Å²) in [5.74, 6) is -1.76. The van der Waals surface area contributed by atoms with Gasteiger partial charge in [-0.15, -0.1) is 0 Å². The summed E-state index contributed by atoms with van der Waals surface area (Å²) < 4.78 is 42.1. The van der Waals surface area contributed by atoms with Crippen molar-refractivity contribution in [1.29, 1.82) is 0 Å². The lowest BCUT2D eigenvalue weighted by Gasteiger charge is -2.25. The molecular weight excluding hydrogens is 639 g/mol. The standard InChI is InChI=1S/C27H22F2IN5O5/c28-15-1-4-18(5-2-15)35-26(37)19(14-34(27(35)38)17-8-11-39-12-9-17)25(36)33-16-3-6-21(20(29)13-16)40-22-7-10-32-24(31)23(22)30/h1-7,10,13-14,17H,8-9,11-12H2,(H2,31,32)(H,33,36). The maximum Gasteiger partial charge on any atom is 0.335 e. The molecule has 0 radical (unpaired) electrons. The zero-order chi connectivity index (χ0) is 28.4. The summed E-state index contributed by atoms with van der Waals surface area (Å²) in [6.07, 6.45) is 3.63. The van der Waals surface area contributed by atoms with Crippen molar-refractivity contribution in [2.45, 2.75) is 18.9 Å². The topological polar surface area (TPSA) is 130 Å². The fourth-order valence-electron chi connectivity index (χ4n) is 4.27. The van der Waals surface area contributed by atoms with Crippen LogP contribution >= 0.6 is 22.6 Å². The first-order valence-corrected chi connectivity index (χ1v) is 13.2. The van der Waals surface area contributed by atoms with Crippen LogP contribution in [0.5, 0.6) is 11.5 Å². The fourth-order valence-corrected chi connectivity index (χ4v) is 4.70. The van der Waals surface area contributed by atoms with E-state index in [4.69, 9.17) is 15.2 Å². The average Bonchev–Trinajstić information content (AvgIpc) is 2.94. The van der Waals surface area contributed by atoms with Crippen LogP contribution in [-0.4, -0.2) is 33.2 Å². The van der Waals surface area contributed by atoms with E-state index in [0.717, 1.165) is 22.8 Å². The van der Waals surface area contributed by atoms with Crippen molar-refractivity contribution in [3.05, 3.63) is 103 Å². The molecule has 1 fully saturated rings. The molecule has 2 aromatic carbocycles. The number of anilines is 2. The molecule has 206 valence electrons. The second kappa shape index (κ2) is 11.6. The van der Waals surface area contributed by atoms with Gasteiger partial charge in [-0.1, -0.05) is 0 Å². The van der Waals surface area contributed by atoms with Crippen LogP contribution in [0.15, 0.2) is 70.5 Å². The monoisotopic (exact) mass is 661 g/mol. The molecule has 40 heavy (non-hydrogen) atoms. The second-order valence-electron chi connectivity index (χ2n) is 8.90. The summed E-state index contributed by atoms with van der Waals surface area (Å²) in [6, 6.07) is 9.75. The molecule has 5 rings (SSSR count). The van der Waals surface area contributed by atoms with E-state index in [-0.39, 0.29) is 34.5 Å². The molecule has 13 heteroatoms. The van der Waals surface area contributed by atoms with Gasteiger partial charge in [0.2, 0.25) is 0 Å². The third-order valence-electron chi connectivity index (χ3n) is 6.32. The predicted octanol–water partition coefficient (Wildman–Crippen LogP) is 4.26. The number of carbonyl (C=O) groups is 1. The van der Waals surface area contributed by atoms with Crippen molar-refractivity contribution in [1.82, 2.24) is 14.1 Å². The number of pyridine rings is 1. The number of nitrogens with zero attached hydrogens (tertiary/aromatic N) is 3. The minimum atomic E-state index is -0.900. The summed E-state index contributed by atoms with van der Waals surface area (Å²) in [6.45, 7) is 0.820. The van der Waals surface area contributed by atoms with Gasteiger partial charge in [-0.05, 0) is 71.8 Å². The minimum Gasteiger partial charge on any atom is -0.453 e. The Morgan fingerprint density at radius 3 is 2.50 bits per heavy atom. The van der Waals surface area contributed by atoms with Crippen molar-refractivity contribution in [3.8, 4) is 17.2 Å². The van der Waals surface area contributed by atoms with Gasteiger partial charge in [-0.2, -0.15) is 0 Å². The molecule has 0 saturated carbocycles. The van der Waals surface area contributed by atoms with Gasteiger partial charge >= 0.3 is 5.69 Å². The van der Waals surface area contributed by atoms with Gasteiger partial charge in [0.05, 0.1) is 9.26 Å². The molecule has 0 atom stereocenters. The number of hydrogen-bond acceptors (Lipinski definition) is 7. The Morgan fingerprint density at radius 1 is 1.07 bits per heavy atom. The lowest BCUT2D eigenvalue weighted by Crippen LogP contribution is -2.44. The SMILES string of the molecule is Nc1nccc(Oc2ccc(NC(=O)c3cn(C4CCOCC4)c(=O)n(-c4ccc(F)cc4)c3=O)cc2F)c1I. The van der Waals surface area contributed by atoms with Crippen LogP contribution in [0.4, 0.5) is 20.3 Å². The van der Waals surface area contributed by atoms with Gasteiger partial charge in [0.25, 0.3) is 11.5 Å². The number of carbonyl (C=O) groups excluding carboxylic acids is 1. The third-order valence-corrected chi connectivity index (χ3v) is 7.40. The van der Waals surface area contributed by atoms with Crippen molar-refractivity contribution < 1.29 is 23.0 Å². The van der Waals surface area contributed by atoms with Gasteiger partial charge in [0, 0.05) is 49.5 Å². The molecule has 1 saturated heterocycles. The number of ether oxygens (including phenoxy) is 2. The maximum atomic E-state index is 14.9. The Morgan fingerprint density at radius 2 is 1.80 bits per heavy atom. The van der Waals surface area contributed by atoms with E-state index in [1.165, 1.54) is 47.3 Å². The number of amides is 1. The normalized spacial score (nSPS) is 13.7. The predicted molar refractivity (Wildman–Crippen MR) is 151 cm³/mol. The molecular formula is C27H22F2IN5O5. The van der Waals surface area contributed by atoms with Crippen LogP contribution in [0.2, 0.25) is 0 Å². The van der Waals surface area contributed by atoms with Crippen LogP contribution in [0, 0.1) is 15.2 Å². The Hall–Kier alpha value is -4.11. The number of aromatic nitrogens is 3. The largest absolute Gasteiger partial charge is 0.453 e. The molecule has 1 amide bonds. The second-order valence-corrected chi connectivity index (χ2v) is 9.98. The maximum absolute atomic E-state index is 14.9. The lowest BCUT2D eigenvalue weighted by atomic mass is 10.1. The van der Waals surface area contributed by atoms with Gasteiger partial charge < -0.3 is 20.5 Å². The Labute approximate surface area is 239 Å². The molecule has 0 spiro atoms. The quantitative estimate of drug-likeness (QED) is 0.296. The number of benzene rings is 2. The number of rotatable bonds is 6. The Balaban J connectivity index is 1.48. The smallest absolute Gasteiger partial charge is 0.335 e. The van der Waals surface area contributed by atoms with E-state index in [1.54, 1.807) is 0 Å². The van der Waals surface area contributed by atoms with Crippen LogP contribution < -0.4 is 27.0 Å². The highest BCUT2D eigenvalue weighted by Gasteiger charge is 2.24. The van der Waals surface area contributed by atoms with Crippen molar-refractivity contribution in [3.63, 3.8) is 0 Å². The molecule has 4 aromatic rings. The van der Waals surface area contributed by atoms with E-state index in [9.17, 15) is 23.2 Å². The van der Waals surface area contributed by atoms with E-state index in [2.05, 4.69) is 10.3 Å². The van der Waals surface area contributed by atoms with E-state index >= 15 is 0 Å². The van der Waals surface area contributed by atoms with Crippen molar-refractivity contribution in [2.75, 3.05) is 24.3 Å². The molecule has 10 nitrogen and oxygen atoms in total. The van der Waals surface area contributed by atoms with Gasteiger partial charge in [-0.25, -0.2) is 23.1 Å². The first-order valence-electron chi connectivity index (χ1n) is 12.1. The fraction of sp³-hybridized carbons (Fsp3) is 0.185. The first-order chi connectivity index (χ1) is 19.2. The number of nitrogen functional groups attached to an aromatic ring is 1. The van der Waals surface area contributed by atoms with Crippen LogP contribution in [-0.2, 0) is 4.74 Å². The third kappa shape index (κ3) is 5.60. The molecule has 0 aliphatic carbocycles. The van der Waals surface area contributed by atoms with Gasteiger partial charge in [0.1, 0.15) is 22.9 Å². The van der Waals surface area contributed by atoms with E-state index < -0.39 is 28.8 Å². The summed E-state index contributed by atoms with van der Waals surface area (Å²) >= 11 is 1.93. The average molecular weight is 661 g/mol. The molecule has 3 N–H and O–H groups in total. The zero-order valence-corrected chi connectivity index (χ0v) is 22.9. The minimum absolute atomic E-state index is 0.0512. The number of halogens is 3. The summed E-state index contributed by atoms with van der Waals surface area (Å²) in [4.78, 5) is 44.0. The highest BCUT2D eigenvalue weighted by atomic mass is 127. The highest BCUT2D eigenvalue weighted by Crippen LogP contribution is 2.31. The molecule has 1 aliphatic heterocycles. The highest BCUT2D eigenvalue weighted by molar-refractivity contribution is 14.1. The van der Waals surface area contributed by atoms with Crippen molar-refractivity contribution in [2.24, 2.45) is 0 Å². The number of nitrogens with two attached hydrogens (primary N) is 1. The van der Waals surface area contributed by atoms with Crippen LogP contribution in [0.25, 0.3) is 5.69 Å². The van der Waals surface area contributed by atoms with Crippen molar-refractivity contribution >= 4 is 40.0 Å². The zero-order valence-electron chi connectivity index (χ0n) is 20.8. The molecule has 3 heterocycles. The lowest BCUT2D eigenvalue weighted by molar-refractivity contribution is 0.0679. The molecule has 0 bridgehead atoms. The molecule has 0 unspecified atom stereocenters.